The summed E-state index contributed by atoms with van der Waals surface area (Å²) in [6.45, 7) is 5.81. The van der Waals surface area contributed by atoms with Crippen molar-refractivity contribution < 1.29 is 124 Å². The minimum Gasteiger partial charge on any atom is -0.463 e. The van der Waals surface area contributed by atoms with Gasteiger partial charge < -0.3 is 76.2 Å². The van der Waals surface area contributed by atoms with E-state index in [0.717, 1.165) is 55.4 Å². The first-order chi connectivity index (χ1) is 35.0. The van der Waals surface area contributed by atoms with Crippen LogP contribution in [0.5, 0.6) is 0 Å². The second-order valence-corrected chi connectivity index (χ2v) is 16.6. The second-order valence-electron chi connectivity index (χ2n) is 16.6. The van der Waals surface area contributed by atoms with E-state index in [1.165, 1.54) is 48.5 Å². The van der Waals surface area contributed by atoms with Gasteiger partial charge in [0, 0.05) is 55.4 Å². The maximum Gasteiger partial charge on any atom is 0.338 e. The minimum atomic E-state index is -2.27. The first-order valence-electron chi connectivity index (χ1n) is 22.8. The van der Waals surface area contributed by atoms with Crippen LogP contribution >= 0.6 is 0 Å². The van der Waals surface area contributed by atoms with Gasteiger partial charge in [0.05, 0.1) is 17.7 Å². The van der Waals surface area contributed by atoms with Gasteiger partial charge in [-0.2, -0.15) is 0 Å². The van der Waals surface area contributed by atoms with Gasteiger partial charge in [0.25, 0.3) is 0 Å². The Bertz CT molecular complexity index is 2320. The molecule has 0 saturated carbocycles. The van der Waals surface area contributed by atoms with Gasteiger partial charge in [0.2, 0.25) is 0 Å². The number of hydrogen-bond acceptors (Lipinski definition) is 26. The molecule has 3 fully saturated rings. The Balaban J connectivity index is 1.67. The summed E-state index contributed by atoms with van der Waals surface area (Å²) < 4.78 is 86.3. The van der Waals surface area contributed by atoms with Crippen molar-refractivity contribution in [1.82, 2.24) is 0 Å². The summed E-state index contributed by atoms with van der Waals surface area (Å²) >= 11 is 0. The van der Waals surface area contributed by atoms with Crippen molar-refractivity contribution in [3.63, 3.8) is 0 Å². The summed E-state index contributed by atoms with van der Waals surface area (Å²) in [6.07, 6.45) is -27.6. The third-order valence-corrected chi connectivity index (χ3v) is 10.7. The molecule has 1 N–H and O–H groups in total. The second kappa shape index (κ2) is 26.7. The molecule has 3 aliphatic rings. The van der Waals surface area contributed by atoms with Crippen LogP contribution in [0.15, 0.2) is 60.7 Å². The molecule has 0 unspecified atom stereocenters. The van der Waals surface area contributed by atoms with Crippen molar-refractivity contribution >= 4 is 59.7 Å². The predicted molar refractivity (Wildman–Crippen MR) is 237 cm³/mol. The van der Waals surface area contributed by atoms with Crippen molar-refractivity contribution in [1.29, 1.82) is 0 Å². The molecular formula is C48H56O26. The molecule has 0 amide bonds. The van der Waals surface area contributed by atoms with Crippen LogP contribution < -0.4 is 0 Å². The van der Waals surface area contributed by atoms with Crippen molar-refractivity contribution in [2.45, 2.75) is 148 Å². The number of carbonyl (C=O) groups excluding carboxylic acids is 10. The van der Waals surface area contributed by atoms with Crippen LogP contribution in [0, 0.1) is 0 Å². The van der Waals surface area contributed by atoms with E-state index in [9.17, 15) is 53.1 Å². The van der Waals surface area contributed by atoms with E-state index in [0.29, 0.717) is 0 Å². The van der Waals surface area contributed by atoms with Gasteiger partial charge in [-0.05, 0) is 24.3 Å². The Morgan fingerprint density at radius 1 is 0.378 bits per heavy atom. The zero-order chi connectivity index (χ0) is 54.4. The highest BCUT2D eigenvalue weighted by Crippen LogP contribution is 2.37. The lowest BCUT2D eigenvalue weighted by Crippen LogP contribution is -2.67. The molecular weight excluding hydrogens is 993 g/mol. The molecule has 0 radical (unpaired) electrons. The summed E-state index contributed by atoms with van der Waals surface area (Å²) in [5, 5.41) is 11.9. The van der Waals surface area contributed by atoms with E-state index < -0.39 is 172 Å². The SMILES string of the molecule is CC(=O)OC[C@H]1O[C@H](OC[C@H]2O[C@H](O)[C@@H](OC(=O)c3ccccc3)[C@@H](O[C@H]3O[C@H](COC(C)=O)[C@@H](OC(C)=O)[C@H](OC(C)=O)[C@@H]3OC(C)=O)[C@@H]2OC(=O)c2ccccc2)[C@@H](OC(C)=O)[C@@H](OC(C)=O)[C@@H]1OC(C)=O. The predicted octanol–water partition coefficient (Wildman–Crippen LogP) is 0.723. The lowest BCUT2D eigenvalue weighted by Gasteiger charge is -2.48. The zero-order valence-corrected chi connectivity index (χ0v) is 41.2. The molecule has 3 aliphatic heterocycles. The quantitative estimate of drug-likeness (QED) is 0.150. The number of aliphatic hydroxyl groups excluding tert-OH is 1. The van der Waals surface area contributed by atoms with Crippen LogP contribution in [0.2, 0.25) is 0 Å². The van der Waals surface area contributed by atoms with E-state index in [-0.39, 0.29) is 11.1 Å². The topological polar surface area (TPSA) is 329 Å². The summed E-state index contributed by atoms with van der Waals surface area (Å²) in [5.41, 5.74) is -0.126. The highest BCUT2D eigenvalue weighted by molar-refractivity contribution is 5.90. The van der Waals surface area contributed by atoms with E-state index in [4.69, 9.17) is 71.1 Å². The van der Waals surface area contributed by atoms with Crippen LogP contribution in [-0.2, 0) is 109 Å². The van der Waals surface area contributed by atoms with Crippen LogP contribution in [0.25, 0.3) is 0 Å². The smallest absolute Gasteiger partial charge is 0.338 e. The molecule has 404 valence electrons. The van der Waals surface area contributed by atoms with E-state index in [1.807, 2.05) is 0 Å². The fourth-order valence-corrected chi connectivity index (χ4v) is 7.95. The molecule has 26 heteroatoms. The van der Waals surface area contributed by atoms with Gasteiger partial charge in [-0.25, -0.2) is 9.59 Å². The zero-order valence-electron chi connectivity index (χ0n) is 41.2. The minimum absolute atomic E-state index is 0.0577. The lowest BCUT2D eigenvalue weighted by molar-refractivity contribution is -0.361. The highest BCUT2D eigenvalue weighted by atomic mass is 16.8. The van der Waals surface area contributed by atoms with Crippen molar-refractivity contribution in [3.8, 4) is 0 Å². The van der Waals surface area contributed by atoms with Gasteiger partial charge in [-0.1, -0.05) is 36.4 Å². The average Bonchev–Trinajstić information content (AvgIpc) is 3.32. The molecule has 26 nitrogen and oxygen atoms in total. The molecule has 0 aliphatic carbocycles. The van der Waals surface area contributed by atoms with E-state index in [1.54, 1.807) is 12.1 Å². The molecule has 5 rings (SSSR count). The number of rotatable bonds is 19. The summed E-state index contributed by atoms with van der Waals surface area (Å²) in [6, 6.07) is 14.7. The maximum absolute atomic E-state index is 14.2. The molecule has 74 heavy (non-hydrogen) atoms. The fourth-order valence-electron chi connectivity index (χ4n) is 7.95. The number of ether oxygens (including phenoxy) is 15. The van der Waals surface area contributed by atoms with Gasteiger partial charge >= 0.3 is 59.7 Å². The molecule has 3 heterocycles. The Kier molecular flexibility index (Phi) is 20.9. The van der Waals surface area contributed by atoms with Crippen molar-refractivity contribution in [2.24, 2.45) is 0 Å². The molecule has 3 saturated heterocycles. The Morgan fingerprint density at radius 2 is 0.716 bits per heavy atom. The highest BCUT2D eigenvalue weighted by Gasteiger charge is 2.59. The summed E-state index contributed by atoms with van der Waals surface area (Å²) in [4.78, 5) is 128. The van der Waals surface area contributed by atoms with Gasteiger partial charge in [0.15, 0.2) is 67.7 Å². The molecule has 0 aromatic heterocycles. The Labute approximate surface area is 422 Å². The third kappa shape index (κ3) is 16.2. The maximum atomic E-state index is 14.2. The van der Waals surface area contributed by atoms with Crippen LogP contribution in [-0.4, -0.2) is 177 Å². The van der Waals surface area contributed by atoms with Gasteiger partial charge in [0.1, 0.15) is 37.6 Å². The molecule has 2 aromatic carbocycles. The molecule has 0 bridgehead atoms. The normalized spacial score (nSPS) is 29.4. The van der Waals surface area contributed by atoms with Crippen LogP contribution in [0.3, 0.4) is 0 Å². The van der Waals surface area contributed by atoms with Gasteiger partial charge in [-0.3, -0.25) is 38.4 Å². The van der Waals surface area contributed by atoms with E-state index in [2.05, 4.69) is 0 Å². The largest absolute Gasteiger partial charge is 0.463 e. The number of carbonyl (C=O) groups is 10. The number of benzene rings is 2. The average molecular weight is 1050 g/mol. The summed E-state index contributed by atoms with van der Waals surface area (Å²) in [5.74, 6) is -9.66. The Hall–Kier alpha value is -7.10. The third-order valence-electron chi connectivity index (χ3n) is 10.7. The molecule has 2 aromatic rings. The van der Waals surface area contributed by atoms with Crippen molar-refractivity contribution in [3.05, 3.63) is 71.8 Å². The number of hydrogen-bond donors (Lipinski definition) is 1. The van der Waals surface area contributed by atoms with Crippen molar-refractivity contribution in [2.75, 3.05) is 19.8 Å². The van der Waals surface area contributed by atoms with Crippen LogP contribution in [0.1, 0.15) is 76.1 Å². The number of esters is 10. The fraction of sp³-hybridized carbons (Fsp3) is 0.542. The monoisotopic (exact) mass is 1050 g/mol. The first-order valence-corrected chi connectivity index (χ1v) is 22.8. The Morgan fingerprint density at radius 3 is 1.12 bits per heavy atom. The van der Waals surface area contributed by atoms with E-state index >= 15 is 0 Å². The molecule has 15 atom stereocenters. The van der Waals surface area contributed by atoms with Gasteiger partial charge in [-0.15, -0.1) is 0 Å². The lowest BCUT2D eigenvalue weighted by atomic mass is 9.95. The summed E-state index contributed by atoms with van der Waals surface area (Å²) in [7, 11) is 0. The standard InChI is InChI=1S/C48H56O26/c1-22(49)60-19-33-35(63-24(3)51)39(65-26(5)53)42(67-28(7)55)47(70-33)62-21-32-37(72-44(57)30-15-11-9-12-16-30)38(41(46(59)69-32)73-45(58)31-17-13-10-14-18-31)74-48-43(68-29(8)56)40(66-27(6)54)36(64-25(4)52)34(71-48)20-61-23(2)50/h9-18,32-43,46-48,59H,19-21H2,1-8H3/t32-,33-,34-,35-,36-,37-,38+,39+,40+,41+,42+,43+,46+,47+,48-/m1/s1. The number of aliphatic hydroxyl groups is 1. The first kappa shape index (κ1) is 57.8. The van der Waals surface area contributed by atoms with Crippen LogP contribution in [0.4, 0.5) is 0 Å². The molecule has 0 spiro atoms.